The zero-order valence-corrected chi connectivity index (χ0v) is 10.2. The first-order valence-corrected chi connectivity index (χ1v) is 5.41. The molecule has 1 aromatic rings. The largest absolute Gasteiger partial charge is 0.391 e. The van der Waals surface area contributed by atoms with Crippen LogP contribution in [-0.2, 0) is 0 Å². The molecule has 6 heteroatoms. The maximum absolute atomic E-state index is 12.1. The number of carbonyl (C=O) groups is 2. The maximum atomic E-state index is 12.1. The molecule has 88 valence electrons. The van der Waals surface area contributed by atoms with Crippen LogP contribution in [0.5, 0.6) is 0 Å². The van der Waals surface area contributed by atoms with Gasteiger partial charge < -0.3 is 5.73 Å². The number of nitrogens with two attached hydrogens (primary N) is 1. The van der Waals surface area contributed by atoms with Gasteiger partial charge >= 0.3 is 0 Å². The minimum atomic E-state index is -0.984. The summed E-state index contributed by atoms with van der Waals surface area (Å²) < 4.78 is 0. The number of hydrogen-bond donors (Lipinski definition) is 1. The van der Waals surface area contributed by atoms with E-state index >= 15 is 0 Å². The SMILES string of the molecule is CC(C)(C(N)=S)N1C(=O)c2ccncc2C1=O. The number of thiocarbonyl (C=S) groups is 1. The van der Waals surface area contributed by atoms with Gasteiger partial charge in [0.2, 0.25) is 0 Å². The predicted octanol–water partition coefficient (Wildman–Crippen LogP) is 0.742. The molecule has 0 fully saturated rings. The van der Waals surface area contributed by atoms with Gasteiger partial charge in [0.05, 0.1) is 21.7 Å². The fraction of sp³-hybridized carbons (Fsp3) is 0.273. The lowest BCUT2D eigenvalue weighted by atomic mass is 10.0. The van der Waals surface area contributed by atoms with Gasteiger partial charge in [-0.3, -0.25) is 19.5 Å². The van der Waals surface area contributed by atoms with Crippen molar-refractivity contribution in [3.8, 4) is 0 Å². The summed E-state index contributed by atoms with van der Waals surface area (Å²) in [5.74, 6) is -0.791. The molecule has 1 aromatic heterocycles. The minimum absolute atomic E-state index is 0.0972. The van der Waals surface area contributed by atoms with Crippen molar-refractivity contribution in [3.05, 3.63) is 29.6 Å². The van der Waals surface area contributed by atoms with Crippen LogP contribution in [0.3, 0.4) is 0 Å². The van der Waals surface area contributed by atoms with Crippen molar-refractivity contribution in [1.82, 2.24) is 9.88 Å². The lowest BCUT2D eigenvalue weighted by molar-refractivity contribution is 0.0562. The number of imide groups is 1. The third kappa shape index (κ3) is 1.52. The Hall–Kier alpha value is -1.82. The van der Waals surface area contributed by atoms with Crippen molar-refractivity contribution in [2.45, 2.75) is 19.4 Å². The van der Waals surface area contributed by atoms with E-state index in [4.69, 9.17) is 18.0 Å². The Morgan fingerprint density at radius 1 is 1.35 bits per heavy atom. The highest BCUT2D eigenvalue weighted by Gasteiger charge is 2.45. The summed E-state index contributed by atoms with van der Waals surface area (Å²) in [6.07, 6.45) is 2.85. The van der Waals surface area contributed by atoms with Gasteiger partial charge in [-0.2, -0.15) is 0 Å². The summed E-state index contributed by atoms with van der Waals surface area (Å²) in [6, 6.07) is 1.52. The Morgan fingerprint density at radius 3 is 2.47 bits per heavy atom. The number of amides is 2. The van der Waals surface area contributed by atoms with Crippen LogP contribution in [0.1, 0.15) is 34.6 Å². The van der Waals surface area contributed by atoms with E-state index < -0.39 is 11.4 Å². The second kappa shape index (κ2) is 3.59. The number of pyridine rings is 1. The fourth-order valence-corrected chi connectivity index (χ4v) is 1.79. The molecular formula is C11H11N3O2S. The fourth-order valence-electron chi connectivity index (χ4n) is 1.70. The molecule has 0 aromatic carbocycles. The first-order chi connectivity index (χ1) is 7.87. The number of nitrogens with zero attached hydrogens (tertiary/aromatic N) is 2. The summed E-state index contributed by atoms with van der Waals surface area (Å²) in [7, 11) is 0. The molecule has 0 atom stereocenters. The number of carbonyl (C=O) groups excluding carboxylic acids is 2. The second-order valence-electron chi connectivity index (χ2n) is 4.29. The lowest BCUT2D eigenvalue weighted by Gasteiger charge is -2.32. The monoisotopic (exact) mass is 249 g/mol. The molecule has 0 bridgehead atoms. The normalized spacial score (nSPS) is 15.1. The van der Waals surface area contributed by atoms with Crippen molar-refractivity contribution < 1.29 is 9.59 Å². The summed E-state index contributed by atoms with van der Waals surface area (Å²) in [5.41, 5.74) is 5.23. The van der Waals surface area contributed by atoms with Crippen molar-refractivity contribution >= 4 is 29.0 Å². The molecule has 0 aliphatic carbocycles. The average Bonchev–Trinajstić information content (AvgIpc) is 2.52. The van der Waals surface area contributed by atoms with Crippen molar-refractivity contribution in [3.63, 3.8) is 0 Å². The Kier molecular flexibility index (Phi) is 2.46. The first kappa shape index (κ1) is 11.7. The summed E-state index contributed by atoms with van der Waals surface area (Å²) in [6.45, 7) is 3.29. The molecule has 2 N–H and O–H groups in total. The highest BCUT2D eigenvalue weighted by molar-refractivity contribution is 7.80. The van der Waals surface area contributed by atoms with Crippen LogP contribution in [-0.4, -0.2) is 32.2 Å². The highest BCUT2D eigenvalue weighted by Crippen LogP contribution is 2.28. The van der Waals surface area contributed by atoms with Crippen LogP contribution in [0.15, 0.2) is 18.5 Å². The van der Waals surface area contributed by atoms with E-state index in [1.165, 1.54) is 18.5 Å². The number of aromatic nitrogens is 1. The summed E-state index contributed by atoms with van der Waals surface area (Å²) >= 11 is 4.90. The van der Waals surface area contributed by atoms with Crippen LogP contribution < -0.4 is 5.73 Å². The molecule has 2 amide bonds. The summed E-state index contributed by atoms with van der Waals surface area (Å²) in [4.78, 5) is 29.2. The van der Waals surface area contributed by atoms with Gasteiger partial charge in [0, 0.05) is 12.4 Å². The molecule has 0 spiro atoms. The van der Waals surface area contributed by atoms with Gasteiger partial charge in [-0.1, -0.05) is 12.2 Å². The minimum Gasteiger partial charge on any atom is -0.391 e. The standard InChI is InChI=1S/C11H11N3O2S/c1-11(2,10(12)17)14-8(15)6-3-4-13-5-7(6)9(14)16/h3-5H,1-2H3,(H2,12,17). The Bertz CT molecular complexity index is 504. The predicted molar refractivity (Wildman–Crippen MR) is 65.6 cm³/mol. The quantitative estimate of drug-likeness (QED) is 0.618. The second-order valence-corrected chi connectivity index (χ2v) is 4.73. The van der Waals surface area contributed by atoms with Crippen LogP contribution >= 0.6 is 12.2 Å². The van der Waals surface area contributed by atoms with Gasteiger partial charge in [-0.05, 0) is 19.9 Å². The molecular weight excluding hydrogens is 238 g/mol. The van der Waals surface area contributed by atoms with Gasteiger partial charge in [-0.15, -0.1) is 0 Å². The van der Waals surface area contributed by atoms with Gasteiger partial charge in [0.15, 0.2) is 0 Å². The van der Waals surface area contributed by atoms with Crippen LogP contribution in [0, 0.1) is 0 Å². The maximum Gasteiger partial charge on any atom is 0.263 e. The van der Waals surface area contributed by atoms with E-state index in [0.717, 1.165) is 4.90 Å². The van der Waals surface area contributed by atoms with Gasteiger partial charge in [0.25, 0.3) is 11.8 Å². The van der Waals surface area contributed by atoms with Crippen molar-refractivity contribution in [2.24, 2.45) is 5.73 Å². The Labute approximate surface area is 104 Å². The third-order valence-electron chi connectivity index (χ3n) is 2.85. The van der Waals surface area contributed by atoms with Crippen LogP contribution in [0.2, 0.25) is 0 Å². The van der Waals surface area contributed by atoms with Gasteiger partial charge in [0.1, 0.15) is 0 Å². The van der Waals surface area contributed by atoms with Crippen molar-refractivity contribution in [2.75, 3.05) is 0 Å². The molecule has 0 radical (unpaired) electrons. The highest BCUT2D eigenvalue weighted by atomic mass is 32.1. The number of rotatable bonds is 2. The van der Waals surface area contributed by atoms with E-state index in [1.54, 1.807) is 13.8 Å². The van der Waals surface area contributed by atoms with E-state index in [0.29, 0.717) is 11.1 Å². The van der Waals surface area contributed by atoms with Crippen LogP contribution in [0.4, 0.5) is 0 Å². The average molecular weight is 249 g/mol. The first-order valence-electron chi connectivity index (χ1n) is 5.00. The van der Waals surface area contributed by atoms with Gasteiger partial charge in [-0.25, -0.2) is 0 Å². The van der Waals surface area contributed by atoms with E-state index in [1.807, 2.05) is 0 Å². The Morgan fingerprint density at radius 2 is 1.94 bits per heavy atom. The number of hydrogen-bond acceptors (Lipinski definition) is 4. The van der Waals surface area contributed by atoms with Crippen LogP contribution in [0.25, 0.3) is 0 Å². The summed E-state index contributed by atoms with van der Waals surface area (Å²) in [5, 5.41) is 0. The molecule has 17 heavy (non-hydrogen) atoms. The molecule has 2 rings (SSSR count). The van der Waals surface area contributed by atoms with E-state index in [-0.39, 0.29) is 10.9 Å². The molecule has 5 nitrogen and oxygen atoms in total. The zero-order valence-electron chi connectivity index (χ0n) is 9.43. The third-order valence-corrected chi connectivity index (χ3v) is 3.35. The molecule has 2 heterocycles. The Balaban J connectivity index is 2.54. The lowest BCUT2D eigenvalue weighted by Crippen LogP contribution is -2.54. The molecule has 0 saturated heterocycles. The molecule has 1 aliphatic rings. The molecule has 1 aliphatic heterocycles. The zero-order chi connectivity index (χ0) is 12.8. The van der Waals surface area contributed by atoms with E-state index in [2.05, 4.69) is 4.98 Å². The smallest absolute Gasteiger partial charge is 0.263 e. The number of fused-ring (bicyclic) bond motifs is 1. The molecule has 0 saturated carbocycles. The van der Waals surface area contributed by atoms with Crippen molar-refractivity contribution in [1.29, 1.82) is 0 Å². The topological polar surface area (TPSA) is 76.3 Å². The molecule has 0 unspecified atom stereocenters. The van der Waals surface area contributed by atoms with E-state index in [9.17, 15) is 9.59 Å².